The summed E-state index contributed by atoms with van der Waals surface area (Å²) in [5.74, 6) is -0.186. The zero-order valence-corrected chi connectivity index (χ0v) is 30.7. The van der Waals surface area contributed by atoms with Crippen LogP contribution in [0, 0.1) is 5.82 Å². The molecule has 3 aromatic heterocycles. The zero-order valence-electron chi connectivity index (χ0n) is 30.0. The molecular weight excluding hydrogens is 706 g/mol. The Bertz CT molecular complexity index is 2160. The second-order valence-electron chi connectivity index (χ2n) is 14.2. The first-order chi connectivity index (χ1) is 25.4. The average Bonchev–Trinajstić information content (AvgIpc) is 3.96. The summed E-state index contributed by atoms with van der Waals surface area (Å²) in [6, 6.07) is 11.5. The van der Waals surface area contributed by atoms with Crippen molar-refractivity contribution in [3.05, 3.63) is 71.2 Å². The number of hydrogen-bond acceptors (Lipinski definition) is 11. The van der Waals surface area contributed by atoms with Gasteiger partial charge in [-0.3, -0.25) is 14.7 Å². The number of halogens is 3. The quantitative estimate of drug-likeness (QED) is 0.191. The molecule has 3 atom stereocenters. The van der Waals surface area contributed by atoms with Crippen molar-refractivity contribution in [2.24, 2.45) is 0 Å². The summed E-state index contributed by atoms with van der Waals surface area (Å²) < 4.78 is 39.3. The smallest absolute Gasteiger partial charge is 0.318 e. The second-order valence-corrected chi connectivity index (χ2v) is 14.6. The Kier molecular flexibility index (Phi) is 10.3. The van der Waals surface area contributed by atoms with Gasteiger partial charge in [-0.2, -0.15) is 15.0 Å². The molecule has 5 aromatic rings. The lowest BCUT2D eigenvalue weighted by Gasteiger charge is -2.27. The summed E-state index contributed by atoms with van der Waals surface area (Å²) in [5.41, 5.74) is -0.531. The molecule has 0 spiro atoms. The monoisotopic (exact) mass is 746 g/mol. The van der Waals surface area contributed by atoms with Crippen LogP contribution in [-0.4, -0.2) is 104 Å². The molecule has 3 unspecified atom stereocenters. The Morgan fingerprint density at radius 1 is 1.13 bits per heavy atom. The maximum atomic E-state index is 16.2. The Balaban J connectivity index is 0.000000418. The van der Waals surface area contributed by atoms with E-state index in [2.05, 4.69) is 30.0 Å². The molecule has 53 heavy (non-hydrogen) atoms. The summed E-state index contributed by atoms with van der Waals surface area (Å²) in [4.78, 5) is 36.3. The van der Waals surface area contributed by atoms with E-state index in [0.717, 1.165) is 18.4 Å². The predicted molar refractivity (Wildman–Crippen MR) is 198 cm³/mol. The van der Waals surface area contributed by atoms with Crippen molar-refractivity contribution in [3.63, 3.8) is 0 Å². The highest BCUT2D eigenvalue weighted by Crippen LogP contribution is 2.38. The number of fused-ring (bicyclic) bond motifs is 3. The number of aliphatic hydroxyl groups is 1. The first-order valence-corrected chi connectivity index (χ1v) is 18.0. The molecule has 12 nitrogen and oxygen atoms in total. The van der Waals surface area contributed by atoms with Crippen LogP contribution in [0.3, 0.4) is 0 Å². The Morgan fingerprint density at radius 2 is 1.92 bits per heavy atom. The molecule has 0 aliphatic carbocycles. The lowest BCUT2D eigenvalue weighted by atomic mass is 10.0. The van der Waals surface area contributed by atoms with E-state index in [1.165, 1.54) is 46.0 Å². The Labute approximate surface area is 310 Å². The summed E-state index contributed by atoms with van der Waals surface area (Å²) in [5, 5.41) is 16.2. The van der Waals surface area contributed by atoms with Crippen molar-refractivity contribution in [2.45, 2.75) is 63.4 Å². The number of nitrogens with zero attached hydrogens (tertiary/aromatic N) is 8. The van der Waals surface area contributed by atoms with Crippen LogP contribution in [-0.2, 0) is 10.4 Å². The molecule has 0 saturated carbocycles. The Hall–Kier alpha value is -4.79. The fourth-order valence-electron chi connectivity index (χ4n) is 7.32. The van der Waals surface area contributed by atoms with Crippen molar-refractivity contribution in [1.29, 1.82) is 0 Å². The summed E-state index contributed by atoms with van der Waals surface area (Å²) in [6.07, 6.45) is 7.79. The number of ether oxygens (including phenoxy) is 1. The van der Waals surface area contributed by atoms with Gasteiger partial charge < -0.3 is 24.2 Å². The van der Waals surface area contributed by atoms with Gasteiger partial charge in [0.2, 0.25) is 11.7 Å². The third kappa shape index (κ3) is 7.53. The second kappa shape index (κ2) is 14.9. The van der Waals surface area contributed by atoms with Gasteiger partial charge in [-0.1, -0.05) is 47.1 Å². The van der Waals surface area contributed by atoms with E-state index in [-0.39, 0.29) is 40.9 Å². The SMILES string of the molecule is COc1nc(N(C)C2CCN(C(=O)/C=C/c3nc(C(C)(C)O)no3)C2)c2cnc(-c3cccc4cccc(Cl)c34)c(F)c2n1.FC1CC2CCCN2C1. The van der Waals surface area contributed by atoms with Crippen LogP contribution in [0.5, 0.6) is 6.01 Å². The van der Waals surface area contributed by atoms with Crippen LogP contribution in [0.1, 0.15) is 51.2 Å². The largest absolute Gasteiger partial charge is 0.467 e. The standard InChI is InChI=1S/C31H29ClFN7O4.C7H12FN/c1-31(2,42)29-35-22(44-38-29)11-12-23(41)40-14-13-18(16-40)39(3)28-20-15-34-26(25(33)27(20)36-30(37-28)43-4)19-9-5-7-17-8-6-10-21(32)24(17)19;8-6-4-7-2-1-3-9(7)5-6/h5-12,15,18,42H,13-14,16H2,1-4H3;6-7H,1-5H2/b12-11+;. The predicted octanol–water partition coefficient (Wildman–Crippen LogP) is 6.20. The van der Waals surface area contributed by atoms with Gasteiger partial charge in [-0.15, -0.1) is 0 Å². The molecule has 3 aliphatic heterocycles. The number of likely N-dealkylation sites (N-methyl/N-ethyl adjacent to an activating group) is 1. The topological polar surface area (TPSA) is 134 Å². The minimum absolute atomic E-state index is 0.00481. The maximum absolute atomic E-state index is 16.2. The number of carbonyl (C=O) groups is 1. The zero-order chi connectivity index (χ0) is 37.4. The van der Waals surface area contributed by atoms with Gasteiger partial charge in [0.1, 0.15) is 28.8 Å². The molecule has 3 fully saturated rings. The van der Waals surface area contributed by atoms with Gasteiger partial charge >= 0.3 is 6.01 Å². The molecule has 15 heteroatoms. The van der Waals surface area contributed by atoms with Crippen LogP contribution >= 0.6 is 11.6 Å². The summed E-state index contributed by atoms with van der Waals surface area (Å²) >= 11 is 6.52. The van der Waals surface area contributed by atoms with Crippen molar-refractivity contribution in [1.82, 2.24) is 34.9 Å². The normalized spacial score (nSPS) is 20.3. The lowest BCUT2D eigenvalue weighted by molar-refractivity contribution is -0.124. The molecule has 0 bridgehead atoms. The van der Waals surface area contributed by atoms with Gasteiger partial charge in [0.25, 0.3) is 5.89 Å². The molecule has 3 aliphatic rings. The van der Waals surface area contributed by atoms with E-state index >= 15 is 4.39 Å². The van der Waals surface area contributed by atoms with Crippen molar-refractivity contribution >= 4 is 51.1 Å². The van der Waals surface area contributed by atoms with Gasteiger partial charge in [0.15, 0.2) is 5.82 Å². The maximum Gasteiger partial charge on any atom is 0.318 e. The molecule has 278 valence electrons. The molecule has 3 saturated heterocycles. The first-order valence-electron chi connectivity index (χ1n) is 17.6. The fourth-order valence-corrected chi connectivity index (χ4v) is 7.60. The number of aromatic nitrogens is 5. The van der Waals surface area contributed by atoms with E-state index in [1.807, 2.05) is 36.2 Å². The van der Waals surface area contributed by atoms with Crippen molar-refractivity contribution < 1.29 is 27.9 Å². The number of anilines is 1. The molecule has 1 N–H and O–H groups in total. The molecule has 8 rings (SSSR count). The number of amides is 1. The number of hydrogen-bond donors (Lipinski definition) is 1. The minimum atomic E-state index is -1.26. The van der Waals surface area contributed by atoms with E-state index in [0.29, 0.717) is 59.3 Å². The summed E-state index contributed by atoms with van der Waals surface area (Å²) in [6.45, 7) is 5.83. The highest BCUT2D eigenvalue weighted by molar-refractivity contribution is 6.36. The molecular formula is C38H41ClF2N8O4. The van der Waals surface area contributed by atoms with E-state index in [4.69, 9.17) is 20.9 Å². The Morgan fingerprint density at radius 3 is 2.66 bits per heavy atom. The van der Waals surface area contributed by atoms with Gasteiger partial charge in [0.05, 0.1) is 12.5 Å². The third-order valence-electron chi connectivity index (χ3n) is 10.1. The van der Waals surface area contributed by atoms with Gasteiger partial charge in [0, 0.05) is 73.1 Å². The number of likely N-dealkylation sites (tertiary alicyclic amines) is 1. The average molecular weight is 747 g/mol. The lowest BCUT2D eigenvalue weighted by Crippen LogP contribution is -2.36. The number of rotatable bonds is 7. The van der Waals surface area contributed by atoms with E-state index in [1.54, 1.807) is 23.2 Å². The minimum Gasteiger partial charge on any atom is -0.467 e. The van der Waals surface area contributed by atoms with Crippen molar-refractivity contribution in [2.75, 3.05) is 45.2 Å². The van der Waals surface area contributed by atoms with Crippen LogP contribution in [0.2, 0.25) is 5.02 Å². The number of alkyl halides is 1. The highest BCUT2D eigenvalue weighted by Gasteiger charge is 2.35. The molecule has 1 amide bonds. The number of pyridine rings is 1. The van der Waals surface area contributed by atoms with Gasteiger partial charge in [-0.25, -0.2) is 8.78 Å². The summed E-state index contributed by atoms with van der Waals surface area (Å²) in [7, 11) is 3.26. The number of benzene rings is 2. The first kappa shape index (κ1) is 36.6. The third-order valence-corrected chi connectivity index (χ3v) is 10.4. The molecule has 6 heterocycles. The molecule has 2 aromatic carbocycles. The van der Waals surface area contributed by atoms with Crippen LogP contribution in [0.4, 0.5) is 14.6 Å². The van der Waals surface area contributed by atoms with Crippen LogP contribution in [0.25, 0.3) is 39.0 Å². The van der Waals surface area contributed by atoms with Crippen molar-refractivity contribution in [3.8, 4) is 17.3 Å². The highest BCUT2D eigenvalue weighted by atomic mass is 35.5. The fraction of sp³-hybridized carbons (Fsp3) is 0.421. The van der Waals surface area contributed by atoms with Crippen LogP contribution in [0.15, 0.2) is 53.2 Å². The van der Waals surface area contributed by atoms with Crippen LogP contribution < -0.4 is 9.64 Å². The van der Waals surface area contributed by atoms with Gasteiger partial charge in [-0.05, 0) is 57.5 Å². The van der Waals surface area contributed by atoms with E-state index < -0.39 is 17.6 Å². The molecule has 0 radical (unpaired) electrons. The number of methoxy groups -OCH3 is 1. The number of carbonyl (C=O) groups excluding carboxylic acids is 1. The van der Waals surface area contributed by atoms with E-state index in [9.17, 15) is 14.3 Å².